The number of benzene rings is 1. The molecule has 2 N–H and O–H groups in total. The smallest absolute Gasteiger partial charge is 0.404 e. The standard InChI is InChI=1S/C14H14F3N3O2/c15-14(16,17)22-12-6-2-1-5-11(12)19-13(21)18-7-10-20-8-3-4-9-20/h1-6,8-9H,7,10H2,(H2,18,19,21). The van der Waals surface area contributed by atoms with Crippen molar-refractivity contribution in [2.45, 2.75) is 12.9 Å². The van der Waals surface area contributed by atoms with E-state index in [1.165, 1.54) is 18.2 Å². The van der Waals surface area contributed by atoms with Gasteiger partial charge in [-0.25, -0.2) is 4.79 Å². The zero-order valence-corrected chi connectivity index (χ0v) is 11.4. The van der Waals surface area contributed by atoms with E-state index >= 15 is 0 Å². The van der Waals surface area contributed by atoms with Gasteiger partial charge in [0, 0.05) is 25.5 Å². The normalized spacial score (nSPS) is 11.0. The molecule has 0 saturated carbocycles. The van der Waals surface area contributed by atoms with E-state index in [9.17, 15) is 18.0 Å². The molecule has 1 heterocycles. The Kier molecular flexibility index (Phi) is 4.92. The topological polar surface area (TPSA) is 55.3 Å². The van der Waals surface area contributed by atoms with Gasteiger partial charge in [-0.3, -0.25) is 0 Å². The number of aromatic nitrogens is 1. The summed E-state index contributed by atoms with van der Waals surface area (Å²) in [5, 5.41) is 4.88. The number of anilines is 1. The Balaban J connectivity index is 1.88. The Hall–Kier alpha value is -2.64. The van der Waals surface area contributed by atoms with Crippen molar-refractivity contribution in [1.29, 1.82) is 0 Å². The summed E-state index contributed by atoms with van der Waals surface area (Å²) in [6.45, 7) is 0.893. The highest BCUT2D eigenvalue weighted by molar-refractivity contribution is 5.90. The van der Waals surface area contributed by atoms with Crippen LogP contribution in [0.4, 0.5) is 23.7 Å². The van der Waals surface area contributed by atoms with Crippen molar-refractivity contribution in [3.05, 3.63) is 48.8 Å². The Morgan fingerprint density at radius 2 is 1.82 bits per heavy atom. The number of hydrogen-bond acceptors (Lipinski definition) is 2. The quantitative estimate of drug-likeness (QED) is 0.890. The number of carbonyl (C=O) groups is 1. The minimum atomic E-state index is -4.82. The lowest BCUT2D eigenvalue weighted by atomic mass is 10.3. The lowest BCUT2D eigenvalue weighted by Crippen LogP contribution is -2.31. The minimum absolute atomic E-state index is 0.0571. The number of halogens is 3. The van der Waals surface area contributed by atoms with Gasteiger partial charge in [-0.2, -0.15) is 0 Å². The number of ether oxygens (including phenoxy) is 1. The van der Waals surface area contributed by atoms with E-state index in [0.717, 1.165) is 6.07 Å². The maximum Gasteiger partial charge on any atom is 0.573 e. The van der Waals surface area contributed by atoms with Crippen molar-refractivity contribution >= 4 is 11.7 Å². The van der Waals surface area contributed by atoms with E-state index in [1.807, 2.05) is 29.1 Å². The average Bonchev–Trinajstić information content (AvgIpc) is 2.92. The van der Waals surface area contributed by atoms with E-state index < -0.39 is 18.1 Å². The van der Waals surface area contributed by atoms with Gasteiger partial charge in [0.15, 0.2) is 5.75 Å². The second-order valence-corrected chi connectivity index (χ2v) is 4.35. The van der Waals surface area contributed by atoms with Crippen LogP contribution in [0, 0.1) is 0 Å². The van der Waals surface area contributed by atoms with Gasteiger partial charge in [-0.05, 0) is 24.3 Å². The summed E-state index contributed by atoms with van der Waals surface area (Å²) in [5.41, 5.74) is -0.0571. The molecule has 0 spiro atoms. The Morgan fingerprint density at radius 1 is 1.14 bits per heavy atom. The highest BCUT2D eigenvalue weighted by Gasteiger charge is 2.32. The first kappa shape index (κ1) is 15.7. The van der Waals surface area contributed by atoms with Gasteiger partial charge in [0.2, 0.25) is 0 Å². The number of urea groups is 1. The SMILES string of the molecule is O=C(NCCn1cccc1)Nc1ccccc1OC(F)(F)F. The molecule has 1 aromatic heterocycles. The maximum atomic E-state index is 12.3. The van der Waals surface area contributed by atoms with Crippen molar-refractivity contribution in [3.63, 3.8) is 0 Å². The Bertz CT molecular complexity index is 612. The lowest BCUT2D eigenvalue weighted by molar-refractivity contribution is -0.274. The highest BCUT2D eigenvalue weighted by atomic mass is 19.4. The summed E-state index contributed by atoms with van der Waals surface area (Å²) in [6.07, 6.45) is -1.14. The van der Waals surface area contributed by atoms with Crippen LogP contribution in [0.15, 0.2) is 48.8 Å². The first-order valence-electron chi connectivity index (χ1n) is 6.44. The predicted molar refractivity (Wildman–Crippen MR) is 74.6 cm³/mol. The number of para-hydroxylation sites is 2. The molecule has 0 aliphatic rings. The van der Waals surface area contributed by atoms with Gasteiger partial charge in [-0.15, -0.1) is 13.2 Å². The Morgan fingerprint density at radius 3 is 2.50 bits per heavy atom. The van der Waals surface area contributed by atoms with E-state index in [-0.39, 0.29) is 5.69 Å². The summed E-state index contributed by atoms with van der Waals surface area (Å²) >= 11 is 0. The van der Waals surface area contributed by atoms with Gasteiger partial charge in [0.25, 0.3) is 0 Å². The van der Waals surface area contributed by atoms with Crippen LogP contribution in [0.3, 0.4) is 0 Å². The van der Waals surface area contributed by atoms with E-state index in [4.69, 9.17) is 0 Å². The molecule has 2 aromatic rings. The Labute approximate surface area is 124 Å². The molecule has 0 aliphatic carbocycles. The molecule has 8 heteroatoms. The van der Waals surface area contributed by atoms with Crippen LogP contribution in [0.5, 0.6) is 5.75 Å². The van der Waals surface area contributed by atoms with Gasteiger partial charge in [0.05, 0.1) is 5.69 Å². The third-order valence-corrected chi connectivity index (χ3v) is 2.68. The summed E-state index contributed by atoms with van der Waals surface area (Å²) in [6, 6.07) is 8.44. The first-order valence-corrected chi connectivity index (χ1v) is 6.44. The van der Waals surface area contributed by atoms with Crippen LogP contribution in [0.2, 0.25) is 0 Å². The molecule has 2 amide bonds. The number of carbonyl (C=O) groups excluding carboxylic acids is 1. The molecule has 2 rings (SSSR count). The summed E-state index contributed by atoms with van der Waals surface area (Å²) in [5.74, 6) is -0.462. The molecule has 0 fully saturated rings. The van der Waals surface area contributed by atoms with Crippen molar-refractivity contribution < 1.29 is 22.7 Å². The monoisotopic (exact) mass is 313 g/mol. The fraction of sp³-hybridized carbons (Fsp3) is 0.214. The van der Waals surface area contributed by atoms with Crippen LogP contribution in [-0.2, 0) is 6.54 Å². The summed E-state index contributed by atoms with van der Waals surface area (Å²) < 4.78 is 42.5. The number of nitrogens with zero attached hydrogens (tertiary/aromatic N) is 1. The van der Waals surface area contributed by atoms with Crippen molar-refractivity contribution in [3.8, 4) is 5.75 Å². The molecular formula is C14H14F3N3O2. The number of amides is 2. The molecule has 0 unspecified atom stereocenters. The maximum absolute atomic E-state index is 12.3. The van der Waals surface area contributed by atoms with Gasteiger partial charge in [0.1, 0.15) is 0 Å². The number of nitrogens with one attached hydrogen (secondary N) is 2. The number of hydrogen-bond donors (Lipinski definition) is 2. The van der Waals surface area contributed by atoms with Gasteiger partial charge >= 0.3 is 12.4 Å². The molecule has 0 aliphatic heterocycles. The zero-order valence-electron chi connectivity index (χ0n) is 11.4. The minimum Gasteiger partial charge on any atom is -0.404 e. The molecule has 22 heavy (non-hydrogen) atoms. The second-order valence-electron chi connectivity index (χ2n) is 4.35. The van der Waals surface area contributed by atoms with E-state index in [2.05, 4.69) is 15.4 Å². The molecule has 1 aromatic carbocycles. The second kappa shape index (κ2) is 6.88. The van der Waals surface area contributed by atoms with Crippen LogP contribution in [0.25, 0.3) is 0 Å². The van der Waals surface area contributed by atoms with Gasteiger partial charge in [-0.1, -0.05) is 12.1 Å². The third-order valence-electron chi connectivity index (χ3n) is 2.68. The highest BCUT2D eigenvalue weighted by Crippen LogP contribution is 2.29. The third kappa shape index (κ3) is 5.04. The number of rotatable bonds is 5. The van der Waals surface area contributed by atoms with E-state index in [0.29, 0.717) is 13.1 Å². The summed E-state index contributed by atoms with van der Waals surface area (Å²) in [7, 11) is 0. The molecule has 118 valence electrons. The molecule has 5 nitrogen and oxygen atoms in total. The predicted octanol–water partition coefficient (Wildman–Crippen LogP) is 3.21. The van der Waals surface area contributed by atoms with Crippen LogP contribution in [0.1, 0.15) is 0 Å². The largest absolute Gasteiger partial charge is 0.573 e. The summed E-state index contributed by atoms with van der Waals surface area (Å²) in [4.78, 5) is 11.7. The first-order chi connectivity index (χ1) is 10.4. The molecule has 0 atom stereocenters. The van der Waals surface area contributed by atoms with Crippen LogP contribution in [-0.4, -0.2) is 23.5 Å². The molecule has 0 radical (unpaired) electrons. The van der Waals surface area contributed by atoms with Crippen molar-refractivity contribution in [2.75, 3.05) is 11.9 Å². The van der Waals surface area contributed by atoms with Crippen molar-refractivity contribution in [2.24, 2.45) is 0 Å². The fourth-order valence-electron chi connectivity index (χ4n) is 1.77. The van der Waals surface area contributed by atoms with Crippen molar-refractivity contribution in [1.82, 2.24) is 9.88 Å². The average molecular weight is 313 g/mol. The molecule has 0 bridgehead atoms. The molecular weight excluding hydrogens is 299 g/mol. The zero-order chi connectivity index (χ0) is 16.0. The van der Waals surface area contributed by atoms with Crippen LogP contribution < -0.4 is 15.4 Å². The molecule has 0 saturated heterocycles. The van der Waals surface area contributed by atoms with Gasteiger partial charge < -0.3 is 19.9 Å². The number of alkyl halides is 3. The fourth-order valence-corrected chi connectivity index (χ4v) is 1.77. The van der Waals surface area contributed by atoms with Crippen LogP contribution >= 0.6 is 0 Å². The van der Waals surface area contributed by atoms with E-state index in [1.54, 1.807) is 0 Å². The lowest BCUT2D eigenvalue weighted by Gasteiger charge is -2.14.